The lowest BCUT2D eigenvalue weighted by atomic mass is 10.5. The maximum atomic E-state index is 5.46. The Bertz CT molecular complexity index is 81.0. The molecule has 1 fully saturated rings. The predicted molar refractivity (Wildman–Crippen MR) is 35.8 cm³/mol. The van der Waals surface area contributed by atoms with Gasteiger partial charge in [0.15, 0.2) is 6.29 Å². The minimum Gasteiger partial charge on any atom is -0.350 e. The molecule has 0 bridgehead atoms. The highest BCUT2D eigenvalue weighted by Gasteiger charge is 2.18. The van der Waals surface area contributed by atoms with E-state index in [2.05, 4.69) is 0 Å². The second-order valence-corrected chi connectivity index (χ2v) is 3.07. The molecule has 1 heterocycles. The molecule has 0 aromatic carbocycles. The summed E-state index contributed by atoms with van der Waals surface area (Å²) in [6.07, 6.45) is 0.383. The molecule has 1 aliphatic rings. The molecule has 2 nitrogen and oxygen atoms in total. The molecule has 1 saturated heterocycles. The van der Waals surface area contributed by atoms with Gasteiger partial charge in [-0.25, -0.2) is 0 Å². The highest BCUT2D eigenvalue weighted by atomic mass is 35.5. The number of rotatable bonds is 2. The van der Waals surface area contributed by atoms with Crippen LogP contribution in [0.25, 0.3) is 0 Å². The minimum atomic E-state index is -0.381. The van der Waals surface area contributed by atoms with Gasteiger partial charge >= 0.3 is 0 Å². The van der Waals surface area contributed by atoms with E-state index in [-0.39, 0.29) is 11.1 Å². The molecular weight excluding hydrogens is 163 g/mol. The van der Waals surface area contributed by atoms with Crippen molar-refractivity contribution in [2.45, 2.75) is 17.5 Å². The third-order valence-corrected chi connectivity index (χ3v) is 1.42. The standard InChI is InChI=1S/C5H8Cl2O2/c6-4(7)3-5-8-1-2-9-5/h4-5H,1-3H2. The summed E-state index contributed by atoms with van der Waals surface area (Å²) in [5.41, 5.74) is 0. The average Bonchev–Trinajstić information content (AvgIpc) is 2.15. The summed E-state index contributed by atoms with van der Waals surface area (Å²) in [6.45, 7) is 1.32. The van der Waals surface area contributed by atoms with Crippen molar-refractivity contribution in [1.29, 1.82) is 0 Å². The summed E-state index contributed by atoms with van der Waals surface area (Å²) in [6, 6.07) is 0. The summed E-state index contributed by atoms with van der Waals surface area (Å²) in [4.78, 5) is -0.381. The van der Waals surface area contributed by atoms with Gasteiger partial charge in [-0.1, -0.05) is 0 Å². The summed E-state index contributed by atoms with van der Waals surface area (Å²) < 4.78 is 10.1. The summed E-state index contributed by atoms with van der Waals surface area (Å²) in [5, 5.41) is 0. The monoisotopic (exact) mass is 170 g/mol. The van der Waals surface area contributed by atoms with Crippen molar-refractivity contribution in [2.75, 3.05) is 13.2 Å². The molecule has 0 atom stereocenters. The molecule has 0 aliphatic carbocycles. The van der Waals surface area contributed by atoms with Crippen LogP contribution in [0.2, 0.25) is 0 Å². The number of ether oxygens (including phenoxy) is 2. The van der Waals surface area contributed by atoms with E-state index in [0.717, 1.165) is 0 Å². The lowest BCUT2D eigenvalue weighted by Gasteiger charge is -2.07. The van der Waals surface area contributed by atoms with Gasteiger partial charge in [0.05, 0.1) is 13.2 Å². The van der Waals surface area contributed by atoms with Crippen molar-refractivity contribution in [3.8, 4) is 0 Å². The highest BCUT2D eigenvalue weighted by molar-refractivity contribution is 6.44. The highest BCUT2D eigenvalue weighted by Crippen LogP contribution is 2.16. The maximum Gasteiger partial charge on any atom is 0.160 e. The molecule has 0 saturated carbocycles. The Morgan fingerprint density at radius 2 is 1.89 bits per heavy atom. The first-order chi connectivity index (χ1) is 4.29. The number of alkyl halides is 2. The van der Waals surface area contributed by atoms with E-state index >= 15 is 0 Å². The van der Waals surface area contributed by atoms with Gasteiger partial charge in [0.2, 0.25) is 0 Å². The van der Waals surface area contributed by atoms with Crippen LogP contribution < -0.4 is 0 Å². The van der Waals surface area contributed by atoms with Gasteiger partial charge in [-0.15, -0.1) is 23.2 Å². The van der Waals surface area contributed by atoms with Gasteiger partial charge in [0.1, 0.15) is 4.84 Å². The van der Waals surface area contributed by atoms with E-state index in [0.29, 0.717) is 19.6 Å². The number of hydrogen-bond donors (Lipinski definition) is 0. The zero-order valence-electron chi connectivity index (χ0n) is 4.85. The first kappa shape index (κ1) is 7.61. The fourth-order valence-corrected chi connectivity index (χ4v) is 0.980. The minimum absolute atomic E-state index is 0.176. The zero-order valence-corrected chi connectivity index (χ0v) is 6.36. The lowest BCUT2D eigenvalue weighted by molar-refractivity contribution is -0.0439. The van der Waals surface area contributed by atoms with Crippen molar-refractivity contribution >= 4 is 23.2 Å². The van der Waals surface area contributed by atoms with E-state index in [1.165, 1.54) is 0 Å². The molecule has 0 N–H and O–H groups in total. The van der Waals surface area contributed by atoms with E-state index < -0.39 is 0 Å². The lowest BCUT2D eigenvalue weighted by Crippen LogP contribution is -2.10. The molecule has 0 aromatic heterocycles. The van der Waals surface area contributed by atoms with Gasteiger partial charge in [-0.3, -0.25) is 0 Å². The number of hydrogen-bond acceptors (Lipinski definition) is 2. The molecule has 0 amide bonds. The second kappa shape index (κ2) is 3.62. The SMILES string of the molecule is ClC(Cl)CC1OCCO1. The van der Waals surface area contributed by atoms with Crippen LogP contribution in [-0.4, -0.2) is 24.3 Å². The van der Waals surface area contributed by atoms with Crippen LogP contribution >= 0.6 is 23.2 Å². The van der Waals surface area contributed by atoms with E-state index in [4.69, 9.17) is 32.7 Å². The third-order valence-electron chi connectivity index (χ3n) is 1.06. The van der Waals surface area contributed by atoms with E-state index in [9.17, 15) is 0 Å². The van der Waals surface area contributed by atoms with E-state index in [1.807, 2.05) is 0 Å². The van der Waals surface area contributed by atoms with Crippen LogP contribution in [0.1, 0.15) is 6.42 Å². The zero-order chi connectivity index (χ0) is 6.69. The Morgan fingerprint density at radius 3 is 2.33 bits per heavy atom. The van der Waals surface area contributed by atoms with Crippen molar-refractivity contribution < 1.29 is 9.47 Å². The van der Waals surface area contributed by atoms with Crippen LogP contribution in [0.5, 0.6) is 0 Å². The summed E-state index contributed by atoms with van der Waals surface area (Å²) in [7, 11) is 0. The smallest absolute Gasteiger partial charge is 0.160 e. The van der Waals surface area contributed by atoms with Gasteiger partial charge < -0.3 is 9.47 Å². The van der Waals surface area contributed by atoms with Gasteiger partial charge in [-0.2, -0.15) is 0 Å². The predicted octanol–water partition coefficient (Wildman–Crippen LogP) is 1.55. The quantitative estimate of drug-likeness (QED) is 0.587. The average molecular weight is 171 g/mol. The molecule has 0 unspecified atom stereocenters. The van der Waals surface area contributed by atoms with Crippen LogP contribution in [0, 0.1) is 0 Å². The second-order valence-electron chi connectivity index (χ2n) is 1.80. The molecule has 0 spiro atoms. The molecular formula is C5H8Cl2O2. The third kappa shape index (κ3) is 2.72. The Labute approximate surface area is 64.0 Å². The van der Waals surface area contributed by atoms with Crippen LogP contribution in [-0.2, 0) is 9.47 Å². The van der Waals surface area contributed by atoms with Crippen molar-refractivity contribution in [1.82, 2.24) is 0 Å². The summed E-state index contributed by atoms with van der Waals surface area (Å²) >= 11 is 10.9. The Balaban J connectivity index is 2.11. The maximum absolute atomic E-state index is 5.46. The first-order valence-corrected chi connectivity index (χ1v) is 3.67. The van der Waals surface area contributed by atoms with Crippen molar-refractivity contribution in [3.63, 3.8) is 0 Å². The fourth-order valence-electron chi connectivity index (χ4n) is 0.689. The topological polar surface area (TPSA) is 18.5 Å². The molecule has 1 rings (SSSR count). The molecule has 9 heavy (non-hydrogen) atoms. The normalized spacial score (nSPS) is 21.7. The molecule has 54 valence electrons. The Kier molecular flexibility index (Phi) is 3.06. The van der Waals surface area contributed by atoms with E-state index in [1.54, 1.807) is 0 Å². The molecule has 0 radical (unpaired) electrons. The largest absolute Gasteiger partial charge is 0.350 e. The van der Waals surface area contributed by atoms with Gasteiger partial charge in [-0.05, 0) is 0 Å². The fraction of sp³-hybridized carbons (Fsp3) is 1.00. The van der Waals surface area contributed by atoms with Gasteiger partial charge in [0, 0.05) is 6.42 Å². The molecule has 0 aromatic rings. The van der Waals surface area contributed by atoms with Crippen molar-refractivity contribution in [3.05, 3.63) is 0 Å². The number of halogens is 2. The van der Waals surface area contributed by atoms with Crippen LogP contribution in [0.15, 0.2) is 0 Å². The molecule has 4 heteroatoms. The Hall–Kier alpha value is 0.500. The van der Waals surface area contributed by atoms with Crippen LogP contribution in [0.4, 0.5) is 0 Å². The van der Waals surface area contributed by atoms with Gasteiger partial charge in [0.25, 0.3) is 0 Å². The summed E-state index contributed by atoms with van der Waals surface area (Å²) in [5.74, 6) is 0. The van der Waals surface area contributed by atoms with Crippen molar-refractivity contribution in [2.24, 2.45) is 0 Å². The Morgan fingerprint density at radius 1 is 1.33 bits per heavy atom. The molecule has 1 aliphatic heterocycles. The van der Waals surface area contributed by atoms with Crippen LogP contribution in [0.3, 0.4) is 0 Å². The first-order valence-electron chi connectivity index (χ1n) is 2.80.